The average molecular weight is 1190 g/mol. The van der Waals surface area contributed by atoms with Crippen LogP contribution in [-0.2, 0) is 32.7 Å². The summed E-state index contributed by atoms with van der Waals surface area (Å²) < 4.78 is 34.3. The molecule has 0 rings (SSSR count). The molecule has 0 aromatic rings. The number of likely N-dealkylation sites (N-methyl/N-ethyl adjacent to an activating group) is 1. The molecule has 0 heterocycles. The van der Waals surface area contributed by atoms with Crippen LogP contribution in [0.3, 0.4) is 0 Å². The normalized spacial score (nSPS) is 13.9. The van der Waals surface area contributed by atoms with Crippen LogP contribution in [0.25, 0.3) is 0 Å². The lowest BCUT2D eigenvalue weighted by atomic mass is 10.0. The molecule has 2 unspecified atom stereocenters. The Labute approximate surface area is 518 Å². The number of esters is 2. The van der Waals surface area contributed by atoms with Crippen LogP contribution < -0.4 is 4.89 Å². The Morgan fingerprint density at radius 3 is 1.01 bits per heavy atom. The van der Waals surface area contributed by atoms with E-state index in [0.717, 1.165) is 109 Å². The molecule has 0 aromatic carbocycles. The van der Waals surface area contributed by atoms with Gasteiger partial charge in [0.25, 0.3) is 7.82 Å². The number of carbonyl (C=O) groups excluding carboxylic acids is 2. The number of ether oxygens (including phenoxy) is 2. The fourth-order valence-corrected chi connectivity index (χ4v) is 9.96. The molecule has 9 nitrogen and oxygen atoms in total. The largest absolute Gasteiger partial charge is 0.756 e. The van der Waals surface area contributed by atoms with Crippen molar-refractivity contribution in [3.63, 3.8) is 0 Å². The van der Waals surface area contributed by atoms with Crippen molar-refractivity contribution in [2.45, 2.75) is 290 Å². The first-order chi connectivity index (χ1) is 41.0. The van der Waals surface area contributed by atoms with Gasteiger partial charge >= 0.3 is 11.9 Å². The average Bonchev–Trinajstić information content (AvgIpc) is 3.61. The van der Waals surface area contributed by atoms with Crippen molar-refractivity contribution >= 4 is 19.8 Å². The SMILES string of the molecule is CC/C=C\C/C=C\C/C=C\C/C=C\C/C=C\C/C=C\C/C=C\C/C=C\CCCCCCCCCCCCCCCCCCC(=O)OC(COC(=O)CCCCCCCCCCC/C=C\C/C=C\CCCCC)COP(=O)([O-])OCC[N+](C)(C)C. The zero-order valence-corrected chi connectivity index (χ0v) is 55.7. The fraction of sp³-hybridized carbons (Fsp3) is 0.703. The topological polar surface area (TPSA) is 111 Å². The van der Waals surface area contributed by atoms with E-state index in [1.165, 1.54) is 141 Å². The minimum Gasteiger partial charge on any atom is -0.756 e. The molecule has 10 heteroatoms. The van der Waals surface area contributed by atoms with Gasteiger partial charge in [0, 0.05) is 12.8 Å². The molecule has 84 heavy (non-hydrogen) atoms. The minimum absolute atomic E-state index is 0.0348. The Morgan fingerprint density at radius 1 is 0.381 bits per heavy atom. The molecule has 0 spiro atoms. The maximum Gasteiger partial charge on any atom is 0.306 e. The number of carbonyl (C=O) groups is 2. The Morgan fingerprint density at radius 2 is 0.679 bits per heavy atom. The quantitative estimate of drug-likeness (QED) is 0.0195. The number of phosphoric acid groups is 1. The summed E-state index contributed by atoms with van der Waals surface area (Å²) in [6.45, 7) is 4.11. The summed E-state index contributed by atoms with van der Waals surface area (Å²) in [5, 5.41) is 0. The molecule has 2 atom stereocenters. The molecule has 0 bridgehead atoms. The Kier molecular flexibility index (Phi) is 61.2. The summed E-state index contributed by atoms with van der Waals surface area (Å²) in [6.07, 6.45) is 91.3. The van der Waals surface area contributed by atoms with Gasteiger partial charge in [0.1, 0.15) is 19.8 Å². The van der Waals surface area contributed by atoms with Gasteiger partial charge in [-0.25, -0.2) is 0 Å². The molecule has 0 N–H and O–H groups in total. The molecule has 0 fully saturated rings. The highest BCUT2D eigenvalue weighted by molar-refractivity contribution is 7.45. The number of phosphoric ester groups is 1. The van der Waals surface area contributed by atoms with Crippen molar-refractivity contribution in [2.75, 3.05) is 47.5 Å². The number of unbranched alkanes of at least 4 members (excludes halogenated alkanes) is 28. The van der Waals surface area contributed by atoms with Crippen LogP contribution in [0.2, 0.25) is 0 Å². The van der Waals surface area contributed by atoms with Gasteiger partial charge in [-0.2, -0.15) is 0 Å². The van der Waals surface area contributed by atoms with E-state index >= 15 is 0 Å². The number of nitrogens with zero attached hydrogens (tertiary/aromatic N) is 1. The minimum atomic E-state index is -4.65. The second-order valence-electron chi connectivity index (χ2n) is 23.8. The lowest BCUT2D eigenvalue weighted by Gasteiger charge is -2.28. The maximum atomic E-state index is 12.8. The van der Waals surface area contributed by atoms with E-state index in [-0.39, 0.29) is 32.0 Å². The van der Waals surface area contributed by atoms with Crippen LogP contribution in [0.5, 0.6) is 0 Å². The molecule has 0 aliphatic rings. The number of hydrogen-bond donors (Lipinski definition) is 0. The molecule has 0 saturated carbocycles. The van der Waals surface area contributed by atoms with Gasteiger partial charge < -0.3 is 27.9 Å². The van der Waals surface area contributed by atoms with Crippen molar-refractivity contribution in [1.82, 2.24) is 0 Å². The zero-order chi connectivity index (χ0) is 61.2. The third kappa shape index (κ3) is 67.5. The first-order valence-corrected chi connectivity index (χ1v) is 35.7. The second kappa shape index (κ2) is 63.9. The van der Waals surface area contributed by atoms with E-state index in [0.29, 0.717) is 17.4 Å². The summed E-state index contributed by atoms with van der Waals surface area (Å²) in [6, 6.07) is 0. The summed E-state index contributed by atoms with van der Waals surface area (Å²) in [4.78, 5) is 38.0. The van der Waals surface area contributed by atoms with Gasteiger partial charge in [-0.3, -0.25) is 14.2 Å². The van der Waals surface area contributed by atoms with E-state index < -0.39 is 26.5 Å². The van der Waals surface area contributed by atoms with Crippen molar-refractivity contribution in [3.05, 3.63) is 122 Å². The molecule has 0 amide bonds. The van der Waals surface area contributed by atoms with Gasteiger partial charge in [0.15, 0.2) is 6.10 Å². The van der Waals surface area contributed by atoms with E-state index in [1.807, 2.05) is 21.1 Å². The molecule has 0 saturated heterocycles. The van der Waals surface area contributed by atoms with Gasteiger partial charge in [-0.05, 0) is 109 Å². The van der Waals surface area contributed by atoms with Gasteiger partial charge in [-0.15, -0.1) is 0 Å². The number of quaternary nitrogens is 1. The van der Waals surface area contributed by atoms with Gasteiger partial charge in [0.2, 0.25) is 0 Å². The zero-order valence-electron chi connectivity index (χ0n) is 54.8. The summed E-state index contributed by atoms with van der Waals surface area (Å²) in [5.74, 6) is -0.835. The van der Waals surface area contributed by atoms with E-state index in [9.17, 15) is 19.0 Å². The van der Waals surface area contributed by atoms with Crippen LogP contribution >= 0.6 is 7.82 Å². The van der Waals surface area contributed by atoms with Crippen LogP contribution in [0, 0.1) is 0 Å². The molecular formula is C74H128NO8P. The third-order valence-corrected chi connectivity index (χ3v) is 15.4. The number of allylic oxidation sites excluding steroid dienone is 20. The highest BCUT2D eigenvalue weighted by Gasteiger charge is 2.22. The lowest BCUT2D eigenvalue weighted by Crippen LogP contribution is -2.37. The van der Waals surface area contributed by atoms with E-state index in [1.54, 1.807) is 0 Å². The molecule has 0 aromatic heterocycles. The maximum absolute atomic E-state index is 12.8. The predicted molar refractivity (Wildman–Crippen MR) is 360 cm³/mol. The highest BCUT2D eigenvalue weighted by Crippen LogP contribution is 2.38. The van der Waals surface area contributed by atoms with Crippen LogP contribution in [0.15, 0.2) is 122 Å². The molecule has 0 radical (unpaired) electrons. The van der Waals surface area contributed by atoms with Gasteiger partial charge in [-0.1, -0.05) is 283 Å². The van der Waals surface area contributed by atoms with Crippen LogP contribution in [0.1, 0.15) is 284 Å². The van der Waals surface area contributed by atoms with Crippen molar-refractivity contribution < 1.29 is 42.1 Å². The molecule has 482 valence electrons. The van der Waals surface area contributed by atoms with Crippen LogP contribution in [0.4, 0.5) is 0 Å². The standard InChI is InChI=1S/C74H128NO8P/c1-6-8-10-12-14-16-18-20-22-24-26-27-28-29-30-31-32-33-34-35-36-37-38-39-40-41-42-43-44-45-46-47-49-51-53-55-57-59-61-63-65-67-74(77)83-72(71-82-84(78,79)81-69-68-75(3,4)5)70-80-73(76)66-64-62-60-58-56-54-52-50-48-25-23-21-19-17-15-13-11-9-7-2/h8,10,14-17,20-23,26-27,29-30,32-33,35-36,38-39,72H,6-7,9,11-13,18-19,24-25,28,31,34,37,40-71H2,1-5H3/b10-8-,16-14-,17-15-,22-20-,23-21-,27-26-,30-29-,33-32-,36-35-,39-38-. The second-order valence-corrected chi connectivity index (χ2v) is 25.2. The smallest absolute Gasteiger partial charge is 0.306 e. The van der Waals surface area contributed by atoms with E-state index in [4.69, 9.17) is 18.5 Å². The van der Waals surface area contributed by atoms with Crippen molar-refractivity contribution in [1.29, 1.82) is 0 Å². The van der Waals surface area contributed by atoms with Crippen molar-refractivity contribution in [3.8, 4) is 0 Å². The summed E-state index contributed by atoms with van der Waals surface area (Å²) >= 11 is 0. The Balaban J connectivity index is 4.01. The molecular weight excluding hydrogens is 1060 g/mol. The fourth-order valence-electron chi connectivity index (χ4n) is 9.23. The third-order valence-electron chi connectivity index (χ3n) is 14.5. The van der Waals surface area contributed by atoms with Crippen molar-refractivity contribution in [2.24, 2.45) is 0 Å². The molecule has 0 aliphatic carbocycles. The van der Waals surface area contributed by atoms with Crippen LogP contribution in [-0.4, -0.2) is 70.0 Å². The summed E-state index contributed by atoms with van der Waals surface area (Å²) in [5.41, 5.74) is 0. The highest BCUT2D eigenvalue weighted by atomic mass is 31.2. The Hall–Kier alpha value is -3.59. The lowest BCUT2D eigenvalue weighted by molar-refractivity contribution is -0.870. The van der Waals surface area contributed by atoms with Gasteiger partial charge in [0.05, 0.1) is 27.7 Å². The predicted octanol–water partition coefficient (Wildman–Crippen LogP) is 21.6. The first kappa shape index (κ1) is 80.4. The number of hydrogen-bond acceptors (Lipinski definition) is 8. The monoisotopic (exact) mass is 1190 g/mol. The molecule has 0 aliphatic heterocycles. The first-order valence-electron chi connectivity index (χ1n) is 34.2. The number of rotatable bonds is 62. The summed E-state index contributed by atoms with van der Waals surface area (Å²) in [7, 11) is 1.16. The van der Waals surface area contributed by atoms with E-state index in [2.05, 4.69) is 135 Å². The Bertz CT molecular complexity index is 1830.